The van der Waals surface area contributed by atoms with Gasteiger partial charge in [0, 0.05) is 41.6 Å². The number of rotatable bonds is 2. The molecule has 0 atom stereocenters. The molecule has 2 saturated carbocycles. The summed E-state index contributed by atoms with van der Waals surface area (Å²) in [6.45, 7) is 0. The molecule has 1 N–H and O–H groups in total. The van der Waals surface area contributed by atoms with Crippen molar-refractivity contribution in [3.05, 3.63) is 0 Å². The molecule has 2 heteroatoms. The average Bonchev–Trinajstić information content (AvgIpc) is 2.21. The van der Waals surface area contributed by atoms with Gasteiger partial charge in [-0.2, -0.15) is 0 Å². The molecule has 0 amide bonds. The van der Waals surface area contributed by atoms with Gasteiger partial charge in [-0.05, 0) is 25.7 Å². The SMILES string of the molecule is C1CCC(NC2CCCCC2)CC1.[Na]. The molecule has 0 aromatic carbocycles. The van der Waals surface area contributed by atoms with Crippen LogP contribution in [0, 0.1) is 0 Å². The van der Waals surface area contributed by atoms with E-state index in [4.69, 9.17) is 0 Å². The van der Waals surface area contributed by atoms with E-state index >= 15 is 0 Å². The molecule has 0 bridgehead atoms. The third kappa shape index (κ3) is 4.22. The Morgan fingerprint density at radius 3 is 1.29 bits per heavy atom. The number of nitrogens with one attached hydrogen (secondary N) is 1. The molecule has 1 nitrogen and oxygen atoms in total. The fraction of sp³-hybridized carbons (Fsp3) is 1.00. The molecule has 77 valence electrons. The van der Waals surface area contributed by atoms with E-state index < -0.39 is 0 Å². The molecule has 0 aliphatic heterocycles. The van der Waals surface area contributed by atoms with E-state index in [1.165, 1.54) is 64.2 Å². The van der Waals surface area contributed by atoms with Crippen LogP contribution in [0.2, 0.25) is 0 Å². The summed E-state index contributed by atoms with van der Waals surface area (Å²) in [6, 6.07) is 1.74. The minimum atomic E-state index is 0. The van der Waals surface area contributed by atoms with Gasteiger partial charge in [-0.25, -0.2) is 0 Å². The molecule has 14 heavy (non-hydrogen) atoms. The van der Waals surface area contributed by atoms with Crippen LogP contribution < -0.4 is 5.32 Å². The predicted octanol–water partition coefficient (Wildman–Crippen LogP) is 2.86. The number of hydrogen-bond donors (Lipinski definition) is 1. The Bertz CT molecular complexity index is 121. The van der Waals surface area contributed by atoms with Crippen LogP contribution in [-0.2, 0) is 0 Å². The average molecular weight is 204 g/mol. The Kier molecular flexibility index (Phi) is 6.76. The third-order valence-electron chi connectivity index (χ3n) is 3.68. The Labute approximate surface area is 111 Å². The first kappa shape index (κ1) is 13.0. The molecule has 2 aliphatic carbocycles. The van der Waals surface area contributed by atoms with Crippen molar-refractivity contribution in [3.63, 3.8) is 0 Å². The second-order valence-corrected chi connectivity index (χ2v) is 4.84. The maximum Gasteiger partial charge on any atom is 0.00696 e. The monoisotopic (exact) mass is 204 g/mol. The molecule has 0 saturated heterocycles. The van der Waals surface area contributed by atoms with Crippen LogP contribution in [0.25, 0.3) is 0 Å². The third-order valence-corrected chi connectivity index (χ3v) is 3.68. The van der Waals surface area contributed by atoms with E-state index in [0.717, 1.165) is 12.1 Å². The van der Waals surface area contributed by atoms with Crippen LogP contribution in [0.1, 0.15) is 64.2 Å². The van der Waals surface area contributed by atoms with Crippen molar-refractivity contribution >= 4 is 29.6 Å². The molecule has 0 spiro atoms. The minimum Gasteiger partial charge on any atom is -0.311 e. The summed E-state index contributed by atoms with van der Waals surface area (Å²) in [5, 5.41) is 3.86. The first-order valence-corrected chi connectivity index (χ1v) is 6.21. The van der Waals surface area contributed by atoms with Gasteiger partial charge in [0.15, 0.2) is 0 Å². The molecular formula is C12H23NNa. The topological polar surface area (TPSA) is 12.0 Å². The van der Waals surface area contributed by atoms with E-state index in [1.54, 1.807) is 0 Å². The summed E-state index contributed by atoms with van der Waals surface area (Å²) in [5.74, 6) is 0. The normalized spacial score (nSPS) is 25.7. The minimum absolute atomic E-state index is 0. The van der Waals surface area contributed by atoms with Crippen molar-refractivity contribution in [1.82, 2.24) is 5.32 Å². The van der Waals surface area contributed by atoms with E-state index in [1.807, 2.05) is 0 Å². The first-order valence-electron chi connectivity index (χ1n) is 6.21. The Morgan fingerprint density at radius 1 is 0.571 bits per heavy atom. The van der Waals surface area contributed by atoms with Crippen molar-refractivity contribution < 1.29 is 0 Å². The van der Waals surface area contributed by atoms with Gasteiger partial charge < -0.3 is 5.32 Å². The van der Waals surface area contributed by atoms with Gasteiger partial charge in [0.05, 0.1) is 0 Å². The molecule has 0 aromatic heterocycles. The van der Waals surface area contributed by atoms with Crippen molar-refractivity contribution in [3.8, 4) is 0 Å². The van der Waals surface area contributed by atoms with Crippen molar-refractivity contribution in [2.75, 3.05) is 0 Å². The fourth-order valence-electron chi connectivity index (χ4n) is 2.87. The largest absolute Gasteiger partial charge is 0.311 e. The molecule has 0 aromatic rings. The summed E-state index contributed by atoms with van der Waals surface area (Å²) >= 11 is 0. The van der Waals surface area contributed by atoms with Crippen molar-refractivity contribution in [2.45, 2.75) is 76.3 Å². The van der Waals surface area contributed by atoms with Gasteiger partial charge in [-0.3, -0.25) is 0 Å². The van der Waals surface area contributed by atoms with Gasteiger partial charge in [-0.15, -0.1) is 0 Å². The van der Waals surface area contributed by atoms with Crippen LogP contribution >= 0.6 is 0 Å². The molecule has 2 aliphatic rings. The second-order valence-electron chi connectivity index (χ2n) is 4.84. The van der Waals surface area contributed by atoms with Crippen LogP contribution in [0.15, 0.2) is 0 Å². The standard InChI is InChI=1S/C12H23N.Na/c1-3-7-11(8-4-1)13-12-9-5-2-6-10-12;/h11-13H,1-10H2;. The zero-order valence-corrected chi connectivity index (χ0v) is 11.7. The van der Waals surface area contributed by atoms with Gasteiger partial charge >= 0.3 is 0 Å². The first-order chi connectivity index (χ1) is 6.45. The smallest absolute Gasteiger partial charge is 0.00696 e. The van der Waals surface area contributed by atoms with Crippen LogP contribution in [-0.4, -0.2) is 41.6 Å². The molecule has 2 rings (SSSR count). The quantitative estimate of drug-likeness (QED) is 0.682. The molecule has 2 fully saturated rings. The summed E-state index contributed by atoms with van der Waals surface area (Å²) in [5.41, 5.74) is 0. The second kappa shape index (κ2) is 7.27. The van der Waals surface area contributed by atoms with Gasteiger partial charge in [0.1, 0.15) is 0 Å². The Morgan fingerprint density at radius 2 is 0.929 bits per heavy atom. The summed E-state index contributed by atoms with van der Waals surface area (Å²) in [7, 11) is 0. The zero-order valence-electron chi connectivity index (χ0n) is 9.73. The summed E-state index contributed by atoms with van der Waals surface area (Å²) < 4.78 is 0. The van der Waals surface area contributed by atoms with E-state index in [2.05, 4.69) is 5.32 Å². The predicted molar refractivity (Wildman–Crippen MR) is 62.6 cm³/mol. The van der Waals surface area contributed by atoms with E-state index in [9.17, 15) is 0 Å². The van der Waals surface area contributed by atoms with Crippen LogP contribution in [0.5, 0.6) is 0 Å². The summed E-state index contributed by atoms with van der Waals surface area (Å²) in [4.78, 5) is 0. The molecule has 1 radical (unpaired) electrons. The Hall–Kier alpha value is 0.960. The maximum absolute atomic E-state index is 3.86. The molecule has 0 heterocycles. The van der Waals surface area contributed by atoms with Gasteiger partial charge in [0.2, 0.25) is 0 Å². The Balaban J connectivity index is 0.000000980. The van der Waals surface area contributed by atoms with Crippen LogP contribution in [0.3, 0.4) is 0 Å². The van der Waals surface area contributed by atoms with Crippen LogP contribution in [0.4, 0.5) is 0 Å². The van der Waals surface area contributed by atoms with E-state index in [-0.39, 0.29) is 29.6 Å². The fourth-order valence-corrected chi connectivity index (χ4v) is 2.87. The van der Waals surface area contributed by atoms with Gasteiger partial charge in [0.25, 0.3) is 0 Å². The van der Waals surface area contributed by atoms with E-state index in [0.29, 0.717) is 0 Å². The molecular weight excluding hydrogens is 181 g/mol. The summed E-state index contributed by atoms with van der Waals surface area (Å²) in [6.07, 6.45) is 14.6. The zero-order chi connectivity index (χ0) is 8.93. The number of hydrogen-bond acceptors (Lipinski definition) is 1. The van der Waals surface area contributed by atoms with Crippen molar-refractivity contribution in [1.29, 1.82) is 0 Å². The van der Waals surface area contributed by atoms with Gasteiger partial charge in [-0.1, -0.05) is 38.5 Å². The molecule has 0 unspecified atom stereocenters. The maximum atomic E-state index is 3.86. The van der Waals surface area contributed by atoms with Crippen molar-refractivity contribution in [2.24, 2.45) is 0 Å².